The Kier molecular flexibility index (Phi) is 10.4. The number of hydrogen-bond acceptors (Lipinski definition) is 5. The minimum absolute atomic E-state index is 0.125. The van der Waals surface area contributed by atoms with Crippen LogP contribution in [-0.4, -0.2) is 41.2 Å². The van der Waals surface area contributed by atoms with Crippen LogP contribution in [0.2, 0.25) is 0 Å². The zero-order valence-electron chi connectivity index (χ0n) is 18.2. The molecule has 2 rings (SSSR count). The Labute approximate surface area is 188 Å². The predicted molar refractivity (Wildman–Crippen MR) is 122 cm³/mol. The number of rotatable bonds is 13. The van der Waals surface area contributed by atoms with Gasteiger partial charge in [0.2, 0.25) is 11.8 Å². The van der Waals surface area contributed by atoms with Gasteiger partial charge in [-0.25, -0.2) is 0 Å². The highest BCUT2D eigenvalue weighted by Gasteiger charge is 2.17. The third-order valence-electron chi connectivity index (χ3n) is 5.03. The summed E-state index contributed by atoms with van der Waals surface area (Å²) in [7, 11) is 0. The van der Waals surface area contributed by atoms with Crippen molar-refractivity contribution in [1.29, 1.82) is 0 Å². The molecule has 0 saturated carbocycles. The van der Waals surface area contributed by atoms with Crippen molar-refractivity contribution in [2.45, 2.75) is 44.9 Å². The van der Waals surface area contributed by atoms with E-state index in [1.807, 2.05) is 30.3 Å². The van der Waals surface area contributed by atoms with Gasteiger partial charge in [-0.2, -0.15) is 5.06 Å². The predicted octanol–water partition coefficient (Wildman–Crippen LogP) is 2.80. The number of nitrogens with zero attached hydrogens (tertiary/aromatic N) is 2. The van der Waals surface area contributed by atoms with Gasteiger partial charge in [0.15, 0.2) is 0 Å². The topological polar surface area (TPSA) is 124 Å². The van der Waals surface area contributed by atoms with E-state index < -0.39 is 5.91 Å². The number of carbonyl (C=O) groups is 3. The highest BCUT2D eigenvalue weighted by Crippen LogP contribution is 2.19. The van der Waals surface area contributed by atoms with Crippen molar-refractivity contribution in [2.24, 2.45) is 5.73 Å². The van der Waals surface area contributed by atoms with Crippen molar-refractivity contribution >= 4 is 29.1 Å². The minimum Gasteiger partial charge on any atom is -0.395 e. The standard InChI is InChI=1S/C24H31N3O5/c25-22(29)10-6-1-2-7-11-23(30)27(32)21-14-12-19(13-15-21)18-24(31)26(16-17-28)20-8-4-3-5-9-20/h3-5,8-9,12-15,28,32H,1-2,6-7,10-11,16-18H2,(H2,25,29). The fourth-order valence-corrected chi connectivity index (χ4v) is 3.31. The van der Waals surface area contributed by atoms with Gasteiger partial charge in [-0.15, -0.1) is 0 Å². The highest BCUT2D eigenvalue weighted by atomic mass is 16.5. The third-order valence-corrected chi connectivity index (χ3v) is 5.03. The van der Waals surface area contributed by atoms with Crippen LogP contribution in [-0.2, 0) is 20.8 Å². The first-order chi connectivity index (χ1) is 15.4. The highest BCUT2D eigenvalue weighted by molar-refractivity contribution is 5.95. The van der Waals surface area contributed by atoms with Crippen molar-refractivity contribution < 1.29 is 24.7 Å². The maximum Gasteiger partial charge on any atom is 0.250 e. The summed E-state index contributed by atoms with van der Waals surface area (Å²) in [6, 6.07) is 15.7. The van der Waals surface area contributed by atoms with Crippen LogP contribution in [0.25, 0.3) is 0 Å². The summed E-state index contributed by atoms with van der Waals surface area (Å²) in [5.41, 5.74) is 6.86. The lowest BCUT2D eigenvalue weighted by atomic mass is 10.1. The molecule has 0 aromatic heterocycles. The first kappa shape index (κ1) is 25.0. The number of benzene rings is 2. The second kappa shape index (κ2) is 13.2. The normalized spacial score (nSPS) is 10.6. The summed E-state index contributed by atoms with van der Waals surface area (Å²) in [5.74, 6) is -0.901. The number of aliphatic hydroxyl groups excluding tert-OH is 1. The maximum atomic E-state index is 12.7. The molecule has 0 aliphatic rings. The smallest absolute Gasteiger partial charge is 0.250 e. The summed E-state index contributed by atoms with van der Waals surface area (Å²) in [5, 5.41) is 20.1. The molecule has 0 saturated heterocycles. The third kappa shape index (κ3) is 8.13. The van der Waals surface area contributed by atoms with Crippen molar-refractivity contribution in [2.75, 3.05) is 23.1 Å². The van der Waals surface area contributed by atoms with Gasteiger partial charge in [-0.05, 0) is 42.7 Å². The number of nitrogens with two attached hydrogens (primary N) is 1. The van der Waals surface area contributed by atoms with Gasteiger partial charge < -0.3 is 15.7 Å². The zero-order valence-corrected chi connectivity index (χ0v) is 18.2. The summed E-state index contributed by atoms with van der Waals surface area (Å²) in [6.07, 6.45) is 3.56. The number of para-hydroxylation sites is 1. The number of unbranched alkanes of at least 4 members (excludes halogenated alkanes) is 3. The van der Waals surface area contributed by atoms with Gasteiger partial charge in [0.25, 0.3) is 5.91 Å². The first-order valence-electron chi connectivity index (χ1n) is 10.8. The second-order valence-corrected chi connectivity index (χ2v) is 7.53. The van der Waals surface area contributed by atoms with Crippen molar-refractivity contribution in [3.05, 3.63) is 60.2 Å². The number of aliphatic hydroxyl groups is 1. The molecule has 8 nitrogen and oxygen atoms in total. The molecule has 8 heteroatoms. The van der Waals surface area contributed by atoms with Crippen LogP contribution in [0.15, 0.2) is 54.6 Å². The molecule has 0 unspecified atom stereocenters. The molecular weight excluding hydrogens is 410 g/mol. The van der Waals surface area contributed by atoms with E-state index >= 15 is 0 Å². The van der Waals surface area contributed by atoms with Crippen molar-refractivity contribution in [3.63, 3.8) is 0 Å². The number of amides is 3. The Morgan fingerprint density at radius 3 is 2.00 bits per heavy atom. The molecular formula is C24H31N3O5. The molecule has 0 spiro atoms. The fourth-order valence-electron chi connectivity index (χ4n) is 3.31. The van der Waals surface area contributed by atoms with E-state index in [0.29, 0.717) is 35.7 Å². The average molecular weight is 442 g/mol. The van der Waals surface area contributed by atoms with Crippen LogP contribution in [0.1, 0.15) is 44.1 Å². The first-order valence-corrected chi connectivity index (χ1v) is 10.8. The molecule has 0 aliphatic heterocycles. The van der Waals surface area contributed by atoms with Crippen LogP contribution in [0, 0.1) is 0 Å². The molecule has 0 bridgehead atoms. The molecule has 32 heavy (non-hydrogen) atoms. The van der Waals surface area contributed by atoms with Crippen LogP contribution in [0.5, 0.6) is 0 Å². The van der Waals surface area contributed by atoms with Crippen molar-refractivity contribution in [1.82, 2.24) is 0 Å². The van der Waals surface area contributed by atoms with Gasteiger partial charge in [-0.3, -0.25) is 19.6 Å². The number of carbonyl (C=O) groups excluding carboxylic acids is 3. The summed E-state index contributed by atoms with van der Waals surface area (Å²) in [6.45, 7) is 0.0503. The number of hydrogen-bond donors (Lipinski definition) is 3. The summed E-state index contributed by atoms with van der Waals surface area (Å²) in [4.78, 5) is 37.1. The molecule has 0 heterocycles. The average Bonchev–Trinajstić information content (AvgIpc) is 2.80. The molecule has 172 valence electrons. The Bertz CT molecular complexity index is 871. The number of primary amides is 1. The summed E-state index contributed by atoms with van der Waals surface area (Å²) < 4.78 is 0. The van der Waals surface area contributed by atoms with E-state index in [9.17, 15) is 24.7 Å². The number of hydroxylamine groups is 1. The monoisotopic (exact) mass is 441 g/mol. The maximum absolute atomic E-state index is 12.7. The molecule has 3 amide bonds. The second-order valence-electron chi connectivity index (χ2n) is 7.53. The van der Waals surface area contributed by atoms with E-state index in [4.69, 9.17) is 5.73 Å². The van der Waals surface area contributed by atoms with Crippen LogP contribution in [0.4, 0.5) is 11.4 Å². The fraction of sp³-hybridized carbons (Fsp3) is 0.375. The van der Waals surface area contributed by atoms with E-state index in [1.54, 1.807) is 24.3 Å². The van der Waals surface area contributed by atoms with E-state index in [-0.39, 0.29) is 37.8 Å². The quantitative estimate of drug-likeness (QED) is 0.250. The van der Waals surface area contributed by atoms with Crippen molar-refractivity contribution in [3.8, 4) is 0 Å². The molecule has 0 atom stereocenters. The van der Waals surface area contributed by atoms with Crippen LogP contribution >= 0.6 is 0 Å². The van der Waals surface area contributed by atoms with E-state index in [1.165, 1.54) is 4.90 Å². The van der Waals surface area contributed by atoms with E-state index in [2.05, 4.69) is 0 Å². The Balaban J connectivity index is 1.86. The van der Waals surface area contributed by atoms with Gasteiger partial charge in [-0.1, -0.05) is 43.2 Å². The number of anilines is 2. The molecule has 2 aromatic rings. The van der Waals surface area contributed by atoms with Gasteiger partial charge in [0.05, 0.1) is 18.7 Å². The molecule has 2 aromatic carbocycles. The van der Waals surface area contributed by atoms with E-state index in [0.717, 1.165) is 18.4 Å². The lowest BCUT2D eigenvalue weighted by molar-refractivity contribution is -0.124. The molecule has 4 N–H and O–H groups in total. The lowest BCUT2D eigenvalue weighted by Gasteiger charge is -2.22. The Hall–Kier alpha value is -3.23. The zero-order chi connectivity index (χ0) is 23.3. The van der Waals surface area contributed by atoms with Crippen LogP contribution in [0.3, 0.4) is 0 Å². The van der Waals surface area contributed by atoms with Gasteiger partial charge in [0.1, 0.15) is 0 Å². The minimum atomic E-state index is -0.415. The Morgan fingerprint density at radius 1 is 0.781 bits per heavy atom. The largest absolute Gasteiger partial charge is 0.395 e. The van der Waals surface area contributed by atoms with Gasteiger partial charge >= 0.3 is 0 Å². The lowest BCUT2D eigenvalue weighted by Crippen LogP contribution is -2.34. The molecule has 0 radical (unpaired) electrons. The molecule has 0 fully saturated rings. The van der Waals surface area contributed by atoms with Crippen LogP contribution < -0.4 is 15.7 Å². The SMILES string of the molecule is NC(=O)CCCCCCC(=O)N(O)c1ccc(CC(=O)N(CCO)c2ccccc2)cc1. The molecule has 0 aliphatic carbocycles. The van der Waals surface area contributed by atoms with Gasteiger partial charge in [0, 0.05) is 25.1 Å². The summed E-state index contributed by atoms with van der Waals surface area (Å²) >= 11 is 0. The Morgan fingerprint density at radius 2 is 1.41 bits per heavy atom.